The average molecular weight is 394 g/mol. The van der Waals surface area contributed by atoms with E-state index in [0.29, 0.717) is 29.7 Å². The lowest BCUT2D eigenvalue weighted by atomic mass is 9.71. The summed E-state index contributed by atoms with van der Waals surface area (Å²) in [5.41, 5.74) is 2.59. The molecule has 1 aliphatic carbocycles. The van der Waals surface area contributed by atoms with Crippen LogP contribution in [0.2, 0.25) is 0 Å². The number of aryl methyl sites for hydroxylation is 1. The molecule has 7 nitrogen and oxygen atoms in total. The lowest BCUT2D eigenvalue weighted by molar-refractivity contribution is 0.0935. The highest BCUT2D eigenvalue weighted by molar-refractivity contribution is 5.93. The minimum absolute atomic E-state index is 0.158. The van der Waals surface area contributed by atoms with E-state index in [0.717, 1.165) is 36.1 Å². The molecule has 0 saturated heterocycles. The highest BCUT2D eigenvalue weighted by Crippen LogP contribution is 2.38. The van der Waals surface area contributed by atoms with Crippen LogP contribution < -0.4 is 5.32 Å². The number of nitrogens with zero attached hydrogens (tertiary/aromatic N) is 3. The zero-order valence-corrected chi connectivity index (χ0v) is 17.1. The van der Waals surface area contributed by atoms with E-state index in [2.05, 4.69) is 41.4 Å². The van der Waals surface area contributed by atoms with Crippen LogP contribution in [0.3, 0.4) is 0 Å². The number of nitrogens with one attached hydrogen (secondary N) is 1. The molecule has 0 bridgehead atoms. The molecule has 4 rings (SSSR count). The van der Waals surface area contributed by atoms with E-state index in [4.69, 9.17) is 9.05 Å². The standard InChI is InChI=1S/C22H26N4O3/c1-22(2,3)15-9-10-17-16(12-15)20(26-28-17)21(27)23-13-19-24-18(25-29-19)11-14-7-5-4-6-8-14/h4-8,15H,9-13H2,1-3H3,(H,23,27)/t15-/m0/s1. The first-order chi connectivity index (χ1) is 13.9. The van der Waals surface area contributed by atoms with Crippen molar-refractivity contribution in [2.24, 2.45) is 11.3 Å². The molecule has 7 heteroatoms. The van der Waals surface area contributed by atoms with Gasteiger partial charge in [0.15, 0.2) is 11.5 Å². The van der Waals surface area contributed by atoms with E-state index in [-0.39, 0.29) is 17.9 Å². The van der Waals surface area contributed by atoms with Gasteiger partial charge in [-0.25, -0.2) is 0 Å². The van der Waals surface area contributed by atoms with Crippen molar-refractivity contribution < 1.29 is 13.8 Å². The number of hydrogen-bond donors (Lipinski definition) is 1. The van der Waals surface area contributed by atoms with Gasteiger partial charge in [-0.15, -0.1) is 0 Å². The van der Waals surface area contributed by atoms with Crippen molar-refractivity contribution in [2.45, 2.75) is 53.0 Å². The first-order valence-corrected chi connectivity index (χ1v) is 10.0. The molecule has 0 saturated carbocycles. The predicted molar refractivity (Wildman–Crippen MR) is 106 cm³/mol. The smallest absolute Gasteiger partial charge is 0.274 e. The van der Waals surface area contributed by atoms with Crippen LogP contribution in [0.25, 0.3) is 0 Å². The van der Waals surface area contributed by atoms with Crippen LogP contribution in [-0.4, -0.2) is 21.2 Å². The summed E-state index contributed by atoms with van der Waals surface area (Å²) in [6.07, 6.45) is 3.28. The Kier molecular flexibility index (Phi) is 5.22. The van der Waals surface area contributed by atoms with Crippen molar-refractivity contribution in [1.29, 1.82) is 0 Å². The Morgan fingerprint density at radius 3 is 2.72 bits per heavy atom. The molecule has 1 atom stereocenters. The highest BCUT2D eigenvalue weighted by atomic mass is 16.5. The van der Waals surface area contributed by atoms with Gasteiger partial charge in [0.25, 0.3) is 5.91 Å². The third kappa shape index (κ3) is 4.39. The number of hydrogen-bond acceptors (Lipinski definition) is 6. The average Bonchev–Trinajstić information content (AvgIpc) is 3.32. The largest absolute Gasteiger partial charge is 0.360 e. The zero-order valence-electron chi connectivity index (χ0n) is 17.1. The van der Waals surface area contributed by atoms with Crippen LogP contribution in [0.15, 0.2) is 39.4 Å². The van der Waals surface area contributed by atoms with Crippen molar-refractivity contribution >= 4 is 5.91 Å². The van der Waals surface area contributed by atoms with Gasteiger partial charge in [0.2, 0.25) is 5.89 Å². The summed E-state index contributed by atoms with van der Waals surface area (Å²) in [6.45, 7) is 6.86. The van der Waals surface area contributed by atoms with Crippen LogP contribution in [0.4, 0.5) is 0 Å². The Labute approximate surface area is 169 Å². The Balaban J connectivity index is 1.38. The second-order valence-corrected chi connectivity index (χ2v) is 8.69. The van der Waals surface area contributed by atoms with Crippen LogP contribution in [0.1, 0.15) is 66.3 Å². The Morgan fingerprint density at radius 2 is 1.97 bits per heavy atom. The van der Waals surface area contributed by atoms with Gasteiger partial charge >= 0.3 is 0 Å². The molecular formula is C22H26N4O3. The quantitative estimate of drug-likeness (QED) is 0.709. The number of amides is 1. The van der Waals surface area contributed by atoms with Gasteiger partial charge < -0.3 is 14.4 Å². The lowest BCUT2D eigenvalue weighted by Crippen LogP contribution is -2.29. The van der Waals surface area contributed by atoms with Crippen molar-refractivity contribution in [1.82, 2.24) is 20.6 Å². The second kappa shape index (κ2) is 7.81. The summed E-state index contributed by atoms with van der Waals surface area (Å²) in [6, 6.07) is 9.93. The normalized spacial score (nSPS) is 16.4. The summed E-state index contributed by atoms with van der Waals surface area (Å²) >= 11 is 0. The summed E-state index contributed by atoms with van der Waals surface area (Å²) in [7, 11) is 0. The van der Waals surface area contributed by atoms with E-state index in [9.17, 15) is 4.79 Å². The second-order valence-electron chi connectivity index (χ2n) is 8.69. The number of aromatic nitrogens is 3. The number of carbonyl (C=O) groups excluding carboxylic acids is 1. The van der Waals surface area contributed by atoms with Crippen molar-refractivity contribution in [3.05, 3.63) is 64.6 Å². The van der Waals surface area contributed by atoms with E-state index < -0.39 is 0 Å². The van der Waals surface area contributed by atoms with Gasteiger partial charge in [0.05, 0.1) is 6.54 Å². The van der Waals surface area contributed by atoms with E-state index in [1.165, 1.54) is 0 Å². The molecule has 0 fully saturated rings. The molecule has 3 aromatic rings. The van der Waals surface area contributed by atoms with Gasteiger partial charge in [-0.05, 0) is 29.7 Å². The lowest BCUT2D eigenvalue weighted by Gasteiger charge is -2.33. The molecule has 0 spiro atoms. The molecule has 1 aromatic carbocycles. The zero-order chi connectivity index (χ0) is 20.4. The molecule has 1 aliphatic rings. The van der Waals surface area contributed by atoms with Crippen molar-refractivity contribution in [2.75, 3.05) is 0 Å². The van der Waals surface area contributed by atoms with Gasteiger partial charge in [-0.2, -0.15) is 4.98 Å². The fraction of sp³-hybridized carbons (Fsp3) is 0.455. The number of rotatable bonds is 5. The first kappa shape index (κ1) is 19.4. The molecule has 0 aliphatic heterocycles. The SMILES string of the molecule is CC(C)(C)[C@H]1CCc2onc(C(=O)NCc3nc(Cc4ccccc4)no3)c2C1. The van der Waals surface area contributed by atoms with Crippen molar-refractivity contribution in [3.63, 3.8) is 0 Å². The van der Waals surface area contributed by atoms with Crippen LogP contribution in [0.5, 0.6) is 0 Å². The van der Waals surface area contributed by atoms with Crippen LogP contribution in [0, 0.1) is 11.3 Å². The highest BCUT2D eigenvalue weighted by Gasteiger charge is 2.34. The number of carbonyl (C=O) groups is 1. The Bertz CT molecular complexity index is 985. The Morgan fingerprint density at radius 1 is 1.17 bits per heavy atom. The van der Waals surface area contributed by atoms with Crippen LogP contribution >= 0.6 is 0 Å². The fourth-order valence-electron chi connectivity index (χ4n) is 3.77. The summed E-state index contributed by atoms with van der Waals surface area (Å²) in [5, 5.41) is 10.8. The molecule has 2 aromatic heterocycles. The Hall–Kier alpha value is -2.96. The minimum Gasteiger partial charge on any atom is -0.360 e. The number of fused-ring (bicyclic) bond motifs is 1. The van der Waals surface area contributed by atoms with Gasteiger partial charge in [-0.1, -0.05) is 61.4 Å². The molecule has 2 heterocycles. The molecule has 1 N–H and O–H groups in total. The number of benzene rings is 1. The topological polar surface area (TPSA) is 94.1 Å². The van der Waals surface area contributed by atoms with Crippen molar-refractivity contribution in [3.8, 4) is 0 Å². The van der Waals surface area contributed by atoms with Gasteiger partial charge in [-0.3, -0.25) is 4.79 Å². The van der Waals surface area contributed by atoms with E-state index in [1.54, 1.807) is 0 Å². The van der Waals surface area contributed by atoms with Crippen LogP contribution in [-0.2, 0) is 25.8 Å². The molecule has 0 unspecified atom stereocenters. The van der Waals surface area contributed by atoms with E-state index in [1.807, 2.05) is 30.3 Å². The third-order valence-electron chi connectivity index (χ3n) is 5.60. The van der Waals surface area contributed by atoms with E-state index >= 15 is 0 Å². The fourth-order valence-corrected chi connectivity index (χ4v) is 3.77. The third-order valence-corrected chi connectivity index (χ3v) is 5.60. The molecule has 152 valence electrons. The molecular weight excluding hydrogens is 368 g/mol. The summed E-state index contributed by atoms with van der Waals surface area (Å²) in [4.78, 5) is 17.0. The molecule has 0 radical (unpaired) electrons. The molecule has 1 amide bonds. The monoisotopic (exact) mass is 394 g/mol. The van der Waals surface area contributed by atoms with Gasteiger partial charge in [0, 0.05) is 18.4 Å². The summed E-state index contributed by atoms with van der Waals surface area (Å²) < 4.78 is 10.7. The van der Waals surface area contributed by atoms with Gasteiger partial charge in [0.1, 0.15) is 5.76 Å². The maximum Gasteiger partial charge on any atom is 0.274 e. The first-order valence-electron chi connectivity index (χ1n) is 10.0. The predicted octanol–water partition coefficient (Wildman–Crippen LogP) is 3.73. The maximum atomic E-state index is 12.7. The maximum absolute atomic E-state index is 12.7. The summed E-state index contributed by atoms with van der Waals surface area (Å²) in [5.74, 6) is 2.02. The minimum atomic E-state index is -0.271. The molecule has 29 heavy (non-hydrogen) atoms.